The van der Waals surface area contributed by atoms with E-state index in [4.69, 9.17) is 0 Å². The van der Waals surface area contributed by atoms with Crippen LogP contribution in [0.3, 0.4) is 0 Å². The Balaban J connectivity index is 2.24. The zero-order valence-corrected chi connectivity index (χ0v) is 14.7. The van der Waals surface area contributed by atoms with Crippen molar-refractivity contribution in [3.8, 4) is 0 Å². The highest BCUT2D eigenvalue weighted by Gasteiger charge is 2.31. The third kappa shape index (κ3) is 3.23. The molecule has 0 aliphatic heterocycles. The number of sulfone groups is 1. The molecule has 0 saturated heterocycles. The lowest BCUT2D eigenvalue weighted by Crippen LogP contribution is -2.15. The molecule has 0 radical (unpaired) electrons. The van der Waals surface area contributed by atoms with Gasteiger partial charge in [0.15, 0.2) is 9.84 Å². The molecule has 0 aromatic heterocycles. The molecular formula is C19H15BrO2S. The maximum Gasteiger partial charge on any atom is 0.189 e. The first-order valence-corrected chi connectivity index (χ1v) is 9.53. The average molecular weight is 387 g/mol. The first-order valence-electron chi connectivity index (χ1n) is 7.19. The van der Waals surface area contributed by atoms with E-state index in [1.165, 1.54) is 0 Å². The molecular weight excluding hydrogens is 372 g/mol. The van der Waals surface area contributed by atoms with E-state index in [0.29, 0.717) is 4.90 Å². The maximum absolute atomic E-state index is 13.3. The minimum absolute atomic E-state index is 0.324. The minimum Gasteiger partial charge on any atom is -0.223 e. The Morgan fingerprint density at radius 2 is 1.22 bits per heavy atom. The summed E-state index contributed by atoms with van der Waals surface area (Å²) in [6.45, 7) is 0. The van der Waals surface area contributed by atoms with Gasteiger partial charge in [0.25, 0.3) is 0 Å². The molecule has 3 rings (SSSR count). The third-order valence-corrected chi connectivity index (χ3v) is 6.47. The summed E-state index contributed by atoms with van der Waals surface area (Å²) < 4.78 is 27.3. The van der Waals surface area contributed by atoms with Crippen LogP contribution in [0.5, 0.6) is 0 Å². The topological polar surface area (TPSA) is 34.1 Å². The highest BCUT2D eigenvalue weighted by Crippen LogP contribution is 2.38. The van der Waals surface area contributed by atoms with Gasteiger partial charge in [-0.15, -0.1) is 0 Å². The lowest BCUT2D eigenvalue weighted by atomic mass is 10.0. The van der Waals surface area contributed by atoms with Crippen LogP contribution in [0.25, 0.3) is 0 Å². The molecule has 1 atom stereocenters. The van der Waals surface area contributed by atoms with Gasteiger partial charge in [-0.05, 0) is 29.3 Å². The summed E-state index contributed by atoms with van der Waals surface area (Å²) in [6, 6.07) is 25.4. The number of hydrogen-bond donors (Lipinski definition) is 0. The zero-order chi connectivity index (χ0) is 16.3. The van der Waals surface area contributed by atoms with Crippen LogP contribution in [0.1, 0.15) is 16.4 Å². The van der Waals surface area contributed by atoms with E-state index in [9.17, 15) is 8.42 Å². The smallest absolute Gasteiger partial charge is 0.189 e. The van der Waals surface area contributed by atoms with Crippen LogP contribution in [0.2, 0.25) is 0 Å². The van der Waals surface area contributed by atoms with Gasteiger partial charge in [-0.25, -0.2) is 8.42 Å². The molecule has 0 aliphatic rings. The maximum atomic E-state index is 13.3. The predicted molar refractivity (Wildman–Crippen MR) is 96.1 cm³/mol. The first kappa shape index (κ1) is 16.0. The Labute approximate surface area is 144 Å². The number of hydrogen-bond acceptors (Lipinski definition) is 2. The second-order valence-corrected chi connectivity index (χ2v) is 8.06. The molecule has 2 nitrogen and oxygen atoms in total. The van der Waals surface area contributed by atoms with Crippen molar-refractivity contribution >= 4 is 25.8 Å². The van der Waals surface area contributed by atoms with Crippen LogP contribution < -0.4 is 0 Å². The quantitative estimate of drug-likeness (QED) is 0.631. The fraction of sp³-hybridized carbons (Fsp3) is 0.0526. The number of rotatable bonds is 4. The summed E-state index contributed by atoms with van der Waals surface area (Å²) in [6.07, 6.45) is 0. The second-order valence-electron chi connectivity index (χ2n) is 5.17. The predicted octanol–water partition coefficient (Wildman–Crippen LogP) is 5.01. The van der Waals surface area contributed by atoms with Gasteiger partial charge < -0.3 is 0 Å². The van der Waals surface area contributed by atoms with Gasteiger partial charge in [-0.2, -0.15) is 0 Å². The molecule has 4 heteroatoms. The summed E-state index contributed by atoms with van der Waals surface area (Å²) in [5.74, 6) is 0. The van der Waals surface area contributed by atoms with Crippen LogP contribution in [-0.4, -0.2) is 8.42 Å². The van der Waals surface area contributed by atoms with E-state index in [1.54, 1.807) is 24.3 Å². The monoisotopic (exact) mass is 386 g/mol. The molecule has 0 aliphatic carbocycles. The molecule has 0 fully saturated rings. The van der Waals surface area contributed by atoms with Gasteiger partial charge in [0, 0.05) is 4.47 Å². The van der Waals surface area contributed by atoms with Crippen molar-refractivity contribution in [3.05, 3.63) is 101 Å². The Hall–Kier alpha value is -1.91. The summed E-state index contributed by atoms with van der Waals surface area (Å²) in [5, 5.41) is -0.748. The lowest BCUT2D eigenvalue weighted by molar-refractivity contribution is 0.589. The van der Waals surface area contributed by atoms with Gasteiger partial charge in [-0.1, -0.05) is 82.7 Å². The van der Waals surface area contributed by atoms with E-state index in [1.807, 2.05) is 60.7 Å². The van der Waals surface area contributed by atoms with Gasteiger partial charge >= 0.3 is 0 Å². The summed E-state index contributed by atoms with van der Waals surface area (Å²) in [7, 11) is -3.56. The second kappa shape index (κ2) is 6.69. The number of benzene rings is 3. The SMILES string of the molecule is O=S(=O)(c1ccccc1)C(c1ccccc1)c1ccccc1Br. The minimum atomic E-state index is -3.56. The summed E-state index contributed by atoms with van der Waals surface area (Å²) in [5.41, 5.74) is 1.49. The molecule has 0 N–H and O–H groups in total. The number of halogens is 1. The molecule has 116 valence electrons. The molecule has 0 amide bonds. The molecule has 3 aromatic carbocycles. The molecule has 3 aromatic rings. The highest BCUT2D eigenvalue weighted by molar-refractivity contribution is 9.10. The Morgan fingerprint density at radius 3 is 1.83 bits per heavy atom. The van der Waals surface area contributed by atoms with E-state index in [-0.39, 0.29) is 0 Å². The Kier molecular flexibility index (Phi) is 4.64. The molecule has 0 heterocycles. The van der Waals surface area contributed by atoms with Gasteiger partial charge in [-0.3, -0.25) is 0 Å². The molecule has 1 unspecified atom stereocenters. The van der Waals surface area contributed by atoms with Gasteiger partial charge in [0.05, 0.1) is 4.90 Å². The van der Waals surface area contributed by atoms with Crippen LogP contribution in [-0.2, 0) is 9.84 Å². The fourth-order valence-corrected chi connectivity index (χ4v) is 5.12. The Morgan fingerprint density at radius 1 is 0.696 bits per heavy atom. The van der Waals surface area contributed by atoms with E-state index < -0.39 is 15.1 Å². The van der Waals surface area contributed by atoms with Crippen LogP contribution in [0.15, 0.2) is 94.3 Å². The molecule has 0 bridgehead atoms. The van der Waals surface area contributed by atoms with Gasteiger partial charge in [0.1, 0.15) is 5.25 Å². The van der Waals surface area contributed by atoms with Crippen molar-refractivity contribution < 1.29 is 8.42 Å². The normalized spacial score (nSPS) is 12.7. The van der Waals surface area contributed by atoms with E-state index in [0.717, 1.165) is 15.6 Å². The highest BCUT2D eigenvalue weighted by atomic mass is 79.9. The van der Waals surface area contributed by atoms with Gasteiger partial charge in [0.2, 0.25) is 0 Å². The largest absolute Gasteiger partial charge is 0.223 e. The first-order chi connectivity index (χ1) is 11.1. The van der Waals surface area contributed by atoms with Crippen LogP contribution in [0.4, 0.5) is 0 Å². The average Bonchev–Trinajstić information content (AvgIpc) is 2.58. The lowest BCUT2D eigenvalue weighted by Gasteiger charge is -2.20. The van der Waals surface area contributed by atoms with E-state index >= 15 is 0 Å². The Bertz CT molecular complexity index is 891. The van der Waals surface area contributed by atoms with Crippen molar-refractivity contribution in [2.24, 2.45) is 0 Å². The fourth-order valence-electron chi connectivity index (χ4n) is 2.59. The van der Waals surface area contributed by atoms with Crippen LogP contribution >= 0.6 is 15.9 Å². The summed E-state index contributed by atoms with van der Waals surface area (Å²) in [4.78, 5) is 0.324. The molecule has 0 spiro atoms. The van der Waals surface area contributed by atoms with Crippen molar-refractivity contribution in [2.75, 3.05) is 0 Å². The third-order valence-electron chi connectivity index (χ3n) is 3.67. The van der Waals surface area contributed by atoms with Crippen molar-refractivity contribution in [1.82, 2.24) is 0 Å². The van der Waals surface area contributed by atoms with Crippen molar-refractivity contribution in [3.63, 3.8) is 0 Å². The van der Waals surface area contributed by atoms with Crippen molar-refractivity contribution in [2.45, 2.75) is 10.1 Å². The van der Waals surface area contributed by atoms with Crippen LogP contribution in [0, 0.1) is 0 Å². The van der Waals surface area contributed by atoms with E-state index in [2.05, 4.69) is 15.9 Å². The zero-order valence-electron chi connectivity index (χ0n) is 12.3. The standard InChI is InChI=1S/C19H15BrO2S/c20-18-14-8-7-13-17(18)19(15-9-3-1-4-10-15)23(21,22)16-11-5-2-6-12-16/h1-14,19H. The van der Waals surface area contributed by atoms with Crippen molar-refractivity contribution in [1.29, 1.82) is 0 Å². The molecule has 0 saturated carbocycles. The molecule has 23 heavy (non-hydrogen) atoms. The summed E-state index contributed by atoms with van der Waals surface area (Å²) >= 11 is 3.49.